The van der Waals surface area contributed by atoms with Crippen molar-refractivity contribution < 1.29 is 29.0 Å². The summed E-state index contributed by atoms with van der Waals surface area (Å²) in [5, 5.41) is 23.9. The first-order valence-corrected chi connectivity index (χ1v) is 18.5. The number of aliphatic hydroxyl groups excluding tert-OH is 1. The minimum absolute atomic E-state index is 0.0442. The number of piperazine rings is 1. The maximum absolute atomic E-state index is 14.0. The molecule has 0 aliphatic carbocycles. The lowest BCUT2D eigenvalue weighted by molar-refractivity contribution is -0.126. The van der Waals surface area contributed by atoms with Crippen molar-refractivity contribution in [3.8, 4) is 0 Å². The molecule has 0 spiro atoms. The quantitative estimate of drug-likeness (QED) is 0.151. The number of carbonyl (C=O) groups is 4. The van der Waals surface area contributed by atoms with E-state index in [-0.39, 0.29) is 37.3 Å². The summed E-state index contributed by atoms with van der Waals surface area (Å²) in [6.07, 6.45) is -1.52. The number of urea groups is 1. The number of alkyl carbamates (subject to hydrolysis) is 1. The van der Waals surface area contributed by atoms with E-state index in [0.717, 1.165) is 29.8 Å². The Bertz CT molecular complexity index is 1580. The maximum atomic E-state index is 14.0. The fraction of sp³-hybridized carbons (Fsp3) is 0.463. The van der Waals surface area contributed by atoms with E-state index in [0.29, 0.717) is 13.1 Å². The number of hydrogen-bond donors (Lipinski definition) is 5. The zero-order chi connectivity index (χ0) is 38.3. The second-order valence-electron chi connectivity index (χ2n) is 14.5. The van der Waals surface area contributed by atoms with Crippen molar-refractivity contribution in [3.05, 3.63) is 108 Å². The number of amides is 5. The molecule has 0 saturated carbocycles. The average molecular weight is 729 g/mol. The molecule has 4 rings (SSSR count). The molecule has 5 amide bonds. The second kappa shape index (κ2) is 20.3. The third-order valence-electron chi connectivity index (χ3n) is 9.53. The van der Waals surface area contributed by atoms with Gasteiger partial charge in [0.25, 0.3) is 0 Å². The predicted octanol–water partition coefficient (Wildman–Crippen LogP) is 3.73. The first-order valence-electron chi connectivity index (χ1n) is 18.5. The minimum atomic E-state index is -1.28. The van der Waals surface area contributed by atoms with E-state index in [4.69, 9.17) is 4.74 Å². The monoisotopic (exact) mass is 728 g/mol. The molecular weight excluding hydrogens is 672 g/mol. The first-order chi connectivity index (χ1) is 25.4. The molecule has 3 aromatic carbocycles. The molecule has 286 valence electrons. The summed E-state index contributed by atoms with van der Waals surface area (Å²) >= 11 is 0. The van der Waals surface area contributed by atoms with Gasteiger partial charge in [-0.2, -0.15) is 0 Å². The number of hydrogen-bond acceptors (Lipinski definition) is 7. The van der Waals surface area contributed by atoms with Gasteiger partial charge in [0.05, 0.1) is 18.2 Å². The molecule has 1 aliphatic rings. The van der Waals surface area contributed by atoms with Crippen molar-refractivity contribution >= 4 is 23.9 Å². The molecule has 5 N–H and O–H groups in total. The largest absolute Gasteiger partial charge is 0.445 e. The molecule has 1 fully saturated rings. The van der Waals surface area contributed by atoms with Crippen molar-refractivity contribution in [3.63, 3.8) is 0 Å². The molecular formula is C41H56N6O6. The summed E-state index contributed by atoms with van der Waals surface area (Å²) in [5.74, 6) is -1.50. The van der Waals surface area contributed by atoms with Gasteiger partial charge in [0.1, 0.15) is 18.7 Å². The number of rotatable bonds is 16. The molecule has 1 saturated heterocycles. The van der Waals surface area contributed by atoms with Crippen LogP contribution in [-0.4, -0.2) is 102 Å². The number of benzene rings is 3. The Morgan fingerprint density at radius 2 is 1.04 bits per heavy atom. The van der Waals surface area contributed by atoms with Crippen LogP contribution in [-0.2, 0) is 33.8 Å². The molecule has 0 bridgehead atoms. The van der Waals surface area contributed by atoms with Crippen LogP contribution in [0.25, 0.3) is 0 Å². The van der Waals surface area contributed by atoms with Crippen LogP contribution in [0.5, 0.6) is 0 Å². The molecule has 0 radical (unpaired) electrons. The predicted molar refractivity (Wildman–Crippen MR) is 205 cm³/mol. The molecule has 12 nitrogen and oxygen atoms in total. The molecule has 3 aromatic rings. The highest BCUT2D eigenvalue weighted by molar-refractivity contribution is 5.88. The molecule has 0 aromatic heterocycles. The lowest BCUT2D eigenvalue weighted by Gasteiger charge is -2.36. The van der Waals surface area contributed by atoms with Gasteiger partial charge in [-0.05, 0) is 48.4 Å². The van der Waals surface area contributed by atoms with Crippen LogP contribution in [0.2, 0.25) is 0 Å². The number of nitrogens with one attached hydrogen (secondary N) is 4. The second-order valence-corrected chi connectivity index (χ2v) is 14.5. The third kappa shape index (κ3) is 12.9. The normalized spacial score (nSPS) is 16.2. The summed E-state index contributed by atoms with van der Waals surface area (Å²) in [7, 11) is 2.01. The van der Waals surface area contributed by atoms with Crippen LogP contribution in [0.4, 0.5) is 9.59 Å². The molecule has 53 heavy (non-hydrogen) atoms. The van der Waals surface area contributed by atoms with Crippen LogP contribution < -0.4 is 21.3 Å². The average Bonchev–Trinajstić information content (AvgIpc) is 3.15. The molecule has 0 unspecified atom stereocenters. The number of aliphatic hydroxyl groups is 1. The highest BCUT2D eigenvalue weighted by Crippen LogP contribution is 2.16. The topological polar surface area (TPSA) is 152 Å². The maximum Gasteiger partial charge on any atom is 0.408 e. The lowest BCUT2D eigenvalue weighted by Crippen LogP contribution is -2.62. The summed E-state index contributed by atoms with van der Waals surface area (Å²) < 4.78 is 5.41. The van der Waals surface area contributed by atoms with E-state index < -0.39 is 48.2 Å². The lowest BCUT2D eigenvalue weighted by atomic mass is 9.91. The molecule has 12 heteroatoms. The van der Waals surface area contributed by atoms with Gasteiger partial charge < -0.3 is 40.9 Å². The van der Waals surface area contributed by atoms with Crippen molar-refractivity contribution in [1.82, 2.24) is 31.1 Å². The Balaban J connectivity index is 1.55. The summed E-state index contributed by atoms with van der Waals surface area (Å²) in [6, 6.07) is 24.3. The van der Waals surface area contributed by atoms with Gasteiger partial charge in [-0.25, -0.2) is 9.59 Å². The van der Waals surface area contributed by atoms with E-state index in [1.807, 2.05) is 126 Å². The fourth-order valence-electron chi connectivity index (χ4n) is 6.27. The van der Waals surface area contributed by atoms with E-state index >= 15 is 0 Å². The zero-order valence-corrected chi connectivity index (χ0v) is 31.5. The van der Waals surface area contributed by atoms with Crippen molar-refractivity contribution in [1.29, 1.82) is 0 Å². The van der Waals surface area contributed by atoms with Crippen LogP contribution >= 0.6 is 0 Å². The Labute approximate surface area is 313 Å². The highest BCUT2D eigenvalue weighted by Gasteiger charge is 2.36. The first kappa shape index (κ1) is 40.8. The van der Waals surface area contributed by atoms with Crippen molar-refractivity contribution in [2.24, 2.45) is 11.8 Å². The summed E-state index contributed by atoms with van der Waals surface area (Å²) in [4.78, 5) is 57.9. The fourth-order valence-corrected chi connectivity index (χ4v) is 6.27. The van der Waals surface area contributed by atoms with Crippen molar-refractivity contribution in [2.45, 2.75) is 77.4 Å². The Morgan fingerprint density at radius 1 is 0.623 bits per heavy atom. The number of nitrogens with zero attached hydrogens (tertiary/aromatic N) is 2. The number of ether oxygens (including phenoxy) is 1. The number of likely N-dealkylation sites (N-methyl/N-ethyl adjacent to an activating group) is 1. The highest BCUT2D eigenvalue weighted by atomic mass is 16.5. The van der Waals surface area contributed by atoms with Gasteiger partial charge in [-0.15, -0.1) is 0 Å². The van der Waals surface area contributed by atoms with E-state index in [1.54, 1.807) is 4.90 Å². The van der Waals surface area contributed by atoms with Crippen LogP contribution in [0, 0.1) is 11.8 Å². The van der Waals surface area contributed by atoms with Crippen LogP contribution in [0.3, 0.4) is 0 Å². The Kier molecular flexibility index (Phi) is 15.7. The van der Waals surface area contributed by atoms with Gasteiger partial charge in [-0.1, -0.05) is 119 Å². The summed E-state index contributed by atoms with van der Waals surface area (Å²) in [6.45, 7) is 9.99. The molecule has 1 heterocycles. The van der Waals surface area contributed by atoms with Gasteiger partial charge >= 0.3 is 12.1 Å². The van der Waals surface area contributed by atoms with Crippen LogP contribution in [0.15, 0.2) is 91.0 Å². The standard InChI is InChI=1S/C41H56N6O6/c1-28(2)35(44-40(51)47-23-21-46(5)22-24-47)38(49)42-33(25-30-15-9-6-10-16-30)37(48)34(26-31-17-11-7-12-18-31)43-39(50)36(29(3)4)45-41(52)53-27-32-19-13-8-14-20-32/h6-20,28-29,33-37,48H,21-27H2,1-5H3,(H,42,49)(H,43,50)(H,44,51)(H,45,52)/t33-,34-,35-,36-,37+/m0/s1. The van der Waals surface area contributed by atoms with E-state index in [2.05, 4.69) is 26.2 Å². The van der Waals surface area contributed by atoms with Crippen LogP contribution in [0.1, 0.15) is 44.4 Å². The van der Waals surface area contributed by atoms with Gasteiger partial charge in [0.15, 0.2) is 0 Å². The Hall–Kier alpha value is -4.94. The minimum Gasteiger partial charge on any atom is -0.445 e. The van der Waals surface area contributed by atoms with E-state index in [9.17, 15) is 24.3 Å². The zero-order valence-electron chi connectivity index (χ0n) is 31.5. The molecule has 1 aliphatic heterocycles. The summed E-state index contributed by atoms with van der Waals surface area (Å²) in [5.41, 5.74) is 2.54. The smallest absolute Gasteiger partial charge is 0.408 e. The number of carbonyl (C=O) groups excluding carboxylic acids is 4. The SMILES string of the molecule is CC(C)[C@H](NC(=O)OCc1ccccc1)C(=O)N[C@@H](Cc1ccccc1)[C@H](O)[C@H](Cc1ccccc1)NC(=O)[C@@H](NC(=O)N1CCN(C)CC1)C(C)C. The Morgan fingerprint density at radius 3 is 1.47 bits per heavy atom. The van der Waals surface area contributed by atoms with Crippen molar-refractivity contribution in [2.75, 3.05) is 33.2 Å². The third-order valence-corrected chi connectivity index (χ3v) is 9.53. The van der Waals surface area contributed by atoms with Gasteiger partial charge in [0.2, 0.25) is 11.8 Å². The van der Waals surface area contributed by atoms with Gasteiger partial charge in [-0.3, -0.25) is 9.59 Å². The van der Waals surface area contributed by atoms with E-state index in [1.165, 1.54) is 0 Å². The molecule has 5 atom stereocenters. The van der Waals surface area contributed by atoms with Gasteiger partial charge in [0, 0.05) is 26.2 Å².